The molecule has 0 atom stereocenters. The zero-order chi connectivity index (χ0) is 19.9. The number of nitriles is 1. The molecule has 7 nitrogen and oxygen atoms in total. The van der Waals surface area contributed by atoms with Crippen molar-refractivity contribution in [2.75, 3.05) is 11.9 Å². The first kappa shape index (κ1) is 20.2. The van der Waals surface area contributed by atoms with Gasteiger partial charge in [0.15, 0.2) is 0 Å². The van der Waals surface area contributed by atoms with Crippen LogP contribution in [0.1, 0.15) is 11.1 Å². The molecule has 27 heavy (non-hydrogen) atoms. The molecule has 0 saturated carbocycles. The van der Waals surface area contributed by atoms with Crippen LogP contribution in [-0.2, 0) is 21.3 Å². The average molecular weight is 385 g/mol. The predicted molar refractivity (Wildman–Crippen MR) is 101 cm³/mol. The molecule has 0 aliphatic heterocycles. The minimum absolute atomic E-state index is 0.149. The van der Waals surface area contributed by atoms with Crippen LogP contribution in [-0.4, -0.2) is 25.4 Å². The van der Waals surface area contributed by atoms with Crippen molar-refractivity contribution in [2.24, 2.45) is 0 Å². The topological polar surface area (TPSA) is 119 Å². The van der Waals surface area contributed by atoms with E-state index in [0.29, 0.717) is 6.54 Å². The normalized spacial score (nSPS) is 11.5. The number of hydrogen-bond donors (Lipinski definition) is 3. The maximum Gasteiger partial charge on any atom is 0.294 e. The smallest absolute Gasteiger partial charge is 0.294 e. The Kier molecular flexibility index (Phi) is 6.71. The molecule has 0 saturated heterocycles. The Labute approximate surface area is 158 Å². The lowest BCUT2D eigenvalue weighted by Crippen LogP contribution is -2.18. The third-order valence-electron chi connectivity index (χ3n) is 3.80. The summed E-state index contributed by atoms with van der Waals surface area (Å²) < 4.78 is 31.3. The first-order valence-corrected chi connectivity index (χ1v) is 9.52. The van der Waals surface area contributed by atoms with E-state index >= 15 is 0 Å². The van der Waals surface area contributed by atoms with E-state index in [1.165, 1.54) is 35.5 Å². The van der Waals surface area contributed by atoms with E-state index in [2.05, 4.69) is 10.6 Å². The fourth-order valence-corrected chi connectivity index (χ4v) is 2.88. The molecule has 2 aromatic carbocycles. The molecule has 0 fully saturated rings. The van der Waals surface area contributed by atoms with Crippen LogP contribution in [0.4, 0.5) is 5.69 Å². The first-order chi connectivity index (χ1) is 12.8. The molecule has 2 aromatic rings. The van der Waals surface area contributed by atoms with E-state index in [-0.39, 0.29) is 16.2 Å². The van der Waals surface area contributed by atoms with Crippen LogP contribution in [0.2, 0.25) is 0 Å². The van der Waals surface area contributed by atoms with Crippen LogP contribution in [0.3, 0.4) is 0 Å². The van der Waals surface area contributed by atoms with Crippen LogP contribution in [0.15, 0.2) is 65.2 Å². The highest BCUT2D eigenvalue weighted by atomic mass is 32.2. The number of hydrogen-bond acceptors (Lipinski definition) is 5. The summed E-state index contributed by atoms with van der Waals surface area (Å²) in [5.74, 6) is -0.687. The van der Waals surface area contributed by atoms with Gasteiger partial charge in [0, 0.05) is 18.4 Å². The van der Waals surface area contributed by atoms with Gasteiger partial charge in [0.2, 0.25) is 0 Å². The van der Waals surface area contributed by atoms with Crippen LogP contribution in [0.5, 0.6) is 0 Å². The average Bonchev–Trinajstić information content (AvgIpc) is 2.62. The van der Waals surface area contributed by atoms with Crippen LogP contribution in [0.25, 0.3) is 0 Å². The molecule has 0 aliphatic rings. The summed E-state index contributed by atoms with van der Waals surface area (Å²) in [4.78, 5) is 11.8. The molecule has 0 unspecified atom stereocenters. The lowest BCUT2D eigenvalue weighted by atomic mass is 10.1. The summed E-state index contributed by atoms with van der Waals surface area (Å²) in [7, 11) is -4.38. The third kappa shape index (κ3) is 5.95. The quantitative estimate of drug-likeness (QED) is 0.291. The van der Waals surface area contributed by atoms with Crippen molar-refractivity contribution in [1.29, 1.82) is 5.26 Å². The molecule has 0 heterocycles. The van der Waals surface area contributed by atoms with Gasteiger partial charge in [-0.25, -0.2) is 0 Å². The van der Waals surface area contributed by atoms with Gasteiger partial charge in [0.05, 0.1) is 4.90 Å². The van der Waals surface area contributed by atoms with Gasteiger partial charge in [-0.2, -0.15) is 13.7 Å². The van der Waals surface area contributed by atoms with Crippen LogP contribution < -0.4 is 10.6 Å². The van der Waals surface area contributed by atoms with E-state index in [1.807, 2.05) is 31.2 Å². The molecule has 140 valence electrons. The van der Waals surface area contributed by atoms with Gasteiger partial charge in [0.25, 0.3) is 16.0 Å². The molecule has 0 spiro atoms. The summed E-state index contributed by atoms with van der Waals surface area (Å²) in [5, 5.41) is 14.5. The van der Waals surface area contributed by atoms with E-state index in [1.54, 1.807) is 6.07 Å². The fraction of sp³-hybridized carbons (Fsp3) is 0.158. The summed E-state index contributed by atoms with van der Waals surface area (Å²) in [6, 6.07) is 14.9. The van der Waals surface area contributed by atoms with E-state index < -0.39 is 16.0 Å². The zero-order valence-corrected chi connectivity index (χ0v) is 15.5. The Morgan fingerprint density at radius 2 is 1.96 bits per heavy atom. The Morgan fingerprint density at radius 3 is 2.63 bits per heavy atom. The van der Waals surface area contributed by atoms with Crippen molar-refractivity contribution in [2.45, 2.75) is 18.2 Å². The molecule has 0 aliphatic carbocycles. The van der Waals surface area contributed by atoms with Gasteiger partial charge in [-0.15, -0.1) is 0 Å². The van der Waals surface area contributed by atoms with Gasteiger partial charge in [-0.1, -0.05) is 30.3 Å². The van der Waals surface area contributed by atoms with Crippen LogP contribution >= 0.6 is 0 Å². The second-order valence-electron chi connectivity index (χ2n) is 5.76. The lowest BCUT2D eigenvalue weighted by Gasteiger charge is -2.07. The Hall–Kier alpha value is -3.15. The number of nitrogens with one attached hydrogen (secondary N) is 2. The van der Waals surface area contributed by atoms with E-state index in [4.69, 9.17) is 9.81 Å². The Balaban J connectivity index is 1.98. The monoisotopic (exact) mass is 385 g/mol. The number of aryl methyl sites for hydroxylation is 1. The third-order valence-corrected chi connectivity index (χ3v) is 4.65. The minimum atomic E-state index is -4.38. The number of benzene rings is 2. The molecule has 8 heteroatoms. The summed E-state index contributed by atoms with van der Waals surface area (Å²) in [6.45, 7) is 2.56. The fourth-order valence-electron chi connectivity index (χ4n) is 2.35. The predicted octanol–water partition coefficient (Wildman–Crippen LogP) is 2.42. The number of carbonyl (C=O) groups excluding carboxylic acids is 1. The van der Waals surface area contributed by atoms with Gasteiger partial charge in [-0.3, -0.25) is 9.35 Å². The van der Waals surface area contributed by atoms with Gasteiger partial charge in [0.1, 0.15) is 11.6 Å². The van der Waals surface area contributed by atoms with Gasteiger partial charge in [-0.05, 0) is 42.7 Å². The molecule has 3 N–H and O–H groups in total. The second-order valence-corrected chi connectivity index (χ2v) is 7.18. The molecule has 2 rings (SSSR count). The SMILES string of the molecule is Cc1ccccc1CCN/C=C(/C#N)C(=O)Nc1cccc(S(=O)(=O)O)c1. The second kappa shape index (κ2) is 8.98. The minimum Gasteiger partial charge on any atom is -0.389 e. The van der Waals surface area contributed by atoms with Crippen molar-refractivity contribution >= 4 is 21.7 Å². The summed E-state index contributed by atoms with van der Waals surface area (Å²) >= 11 is 0. The number of amides is 1. The van der Waals surface area contributed by atoms with Gasteiger partial charge < -0.3 is 10.6 Å². The number of nitrogens with zero attached hydrogens (tertiary/aromatic N) is 1. The lowest BCUT2D eigenvalue weighted by molar-refractivity contribution is -0.112. The maximum absolute atomic E-state index is 12.2. The highest BCUT2D eigenvalue weighted by molar-refractivity contribution is 7.85. The summed E-state index contributed by atoms with van der Waals surface area (Å²) in [5.41, 5.74) is 2.33. The van der Waals surface area contributed by atoms with Crippen molar-refractivity contribution in [1.82, 2.24) is 5.32 Å². The van der Waals surface area contributed by atoms with Crippen molar-refractivity contribution in [3.63, 3.8) is 0 Å². The molecule has 0 bridgehead atoms. The Bertz CT molecular complexity index is 1010. The largest absolute Gasteiger partial charge is 0.389 e. The molecule has 1 amide bonds. The molecular formula is C19H19N3O4S. The zero-order valence-electron chi connectivity index (χ0n) is 14.6. The molecule has 0 radical (unpaired) electrons. The maximum atomic E-state index is 12.2. The van der Waals surface area contributed by atoms with Crippen molar-refractivity contribution in [3.8, 4) is 6.07 Å². The standard InChI is InChI=1S/C19H19N3O4S/c1-14-5-2-3-6-15(14)9-10-21-13-16(12-20)19(23)22-17-7-4-8-18(11-17)27(24,25)26/h2-8,11,13,21H,9-10H2,1H3,(H,22,23)(H,24,25,26)/b16-13-. The first-order valence-electron chi connectivity index (χ1n) is 8.08. The number of carbonyl (C=O) groups is 1. The van der Waals surface area contributed by atoms with Crippen molar-refractivity contribution < 1.29 is 17.8 Å². The Morgan fingerprint density at radius 1 is 1.22 bits per heavy atom. The van der Waals surface area contributed by atoms with Gasteiger partial charge >= 0.3 is 0 Å². The van der Waals surface area contributed by atoms with E-state index in [9.17, 15) is 13.2 Å². The molecule has 0 aromatic heterocycles. The van der Waals surface area contributed by atoms with E-state index in [0.717, 1.165) is 12.5 Å². The van der Waals surface area contributed by atoms with Crippen molar-refractivity contribution in [3.05, 3.63) is 71.4 Å². The van der Waals surface area contributed by atoms with Crippen LogP contribution in [0, 0.1) is 18.3 Å². The molecular weight excluding hydrogens is 366 g/mol. The highest BCUT2D eigenvalue weighted by Crippen LogP contribution is 2.15. The summed E-state index contributed by atoms with van der Waals surface area (Å²) in [6.07, 6.45) is 2.06. The highest BCUT2D eigenvalue weighted by Gasteiger charge is 2.13. The number of rotatable bonds is 7. The number of anilines is 1.